The number of halogens is 2. The molecule has 3 fully saturated rings. The van der Waals surface area contributed by atoms with Crippen molar-refractivity contribution < 1.29 is 19.1 Å². The molecule has 0 bridgehead atoms. The molecule has 6 rings (SSSR count). The Morgan fingerprint density at radius 3 is 2.67 bits per heavy atom. The van der Waals surface area contributed by atoms with Crippen molar-refractivity contribution in [1.29, 1.82) is 0 Å². The van der Waals surface area contributed by atoms with Crippen molar-refractivity contribution >= 4 is 52.3 Å². The number of hydrogen-bond donors (Lipinski definition) is 1. The van der Waals surface area contributed by atoms with E-state index in [-0.39, 0.29) is 17.9 Å². The molecular weight excluding hydrogens is 465 g/mol. The van der Waals surface area contributed by atoms with Crippen LogP contribution >= 0.6 is 23.2 Å². The third-order valence-corrected chi connectivity index (χ3v) is 8.39. The van der Waals surface area contributed by atoms with E-state index in [9.17, 15) is 14.4 Å². The lowest BCUT2D eigenvalue weighted by Crippen LogP contribution is -2.54. The van der Waals surface area contributed by atoms with Gasteiger partial charge in [-0.05, 0) is 56.1 Å². The molecule has 170 valence electrons. The summed E-state index contributed by atoms with van der Waals surface area (Å²) in [7, 11) is 1.48. The van der Waals surface area contributed by atoms with Crippen LogP contribution in [0, 0.1) is 18.8 Å². The lowest BCUT2D eigenvalue weighted by atomic mass is 9.75. The fraction of sp³-hybridized carbons (Fsp3) is 0.375. The topological polar surface area (TPSA) is 79.0 Å². The Hall–Kier alpha value is -2.61. The van der Waals surface area contributed by atoms with Crippen LogP contribution in [-0.4, -0.2) is 42.3 Å². The molecule has 4 aliphatic rings. The first-order valence-corrected chi connectivity index (χ1v) is 11.7. The number of imide groups is 1. The van der Waals surface area contributed by atoms with Gasteiger partial charge in [0.2, 0.25) is 17.7 Å². The highest BCUT2D eigenvalue weighted by Crippen LogP contribution is 2.61. The first kappa shape index (κ1) is 21.0. The summed E-state index contributed by atoms with van der Waals surface area (Å²) in [5, 5.41) is 3.92. The number of anilines is 2. The number of ether oxygens (including phenoxy) is 1. The number of rotatable bonds is 2. The van der Waals surface area contributed by atoms with E-state index in [1.54, 1.807) is 24.3 Å². The zero-order chi connectivity index (χ0) is 23.2. The van der Waals surface area contributed by atoms with Crippen LogP contribution in [0.4, 0.5) is 11.4 Å². The van der Waals surface area contributed by atoms with E-state index in [2.05, 4.69) is 10.2 Å². The molecule has 2 aromatic rings. The van der Waals surface area contributed by atoms with E-state index in [1.807, 2.05) is 13.0 Å². The van der Waals surface area contributed by atoms with Crippen molar-refractivity contribution in [3.05, 3.63) is 51.5 Å². The van der Waals surface area contributed by atoms with Gasteiger partial charge < -0.3 is 10.1 Å². The van der Waals surface area contributed by atoms with E-state index < -0.39 is 23.3 Å². The van der Waals surface area contributed by atoms with Crippen LogP contribution in [0.1, 0.15) is 24.0 Å². The molecule has 4 atom stereocenters. The molecular formula is C24H21Cl2N3O4. The summed E-state index contributed by atoms with van der Waals surface area (Å²) in [6.45, 7) is 2.49. The molecule has 1 spiro atoms. The number of carbonyl (C=O) groups excluding carboxylic acids is 3. The smallest absolute Gasteiger partial charge is 0.250 e. The molecule has 3 saturated heterocycles. The second kappa shape index (κ2) is 6.95. The van der Waals surface area contributed by atoms with Crippen molar-refractivity contribution in [2.24, 2.45) is 11.8 Å². The van der Waals surface area contributed by atoms with Gasteiger partial charge in [0.05, 0.1) is 30.3 Å². The van der Waals surface area contributed by atoms with E-state index in [1.165, 1.54) is 12.0 Å². The lowest BCUT2D eigenvalue weighted by molar-refractivity contribution is -0.135. The number of carbonyl (C=O) groups is 3. The highest BCUT2D eigenvalue weighted by atomic mass is 35.5. The number of amides is 3. The van der Waals surface area contributed by atoms with E-state index in [4.69, 9.17) is 27.9 Å². The van der Waals surface area contributed by atoms with Crippen LogP contribution in [0.25, 0.3) is 0 Å². The predicted molar refractivity (Wildman–Crippen MR) is 124 cm³/mol. The van der Waals surface area contributed by atoms with Gasteiger partial charge in [-0.3, -0.25) is 19.3 Å². The molecule has 4 heterocycles. The SMILES string of the molecule is COc1ccc(Cl)cc1N1C(=O)[C@@H]2[C@H]3CCCN3[C@]3(C(=O)Nc4c3ccc(Cl)c4C)[C@H]2C1=O. The van der Waals surface area contributed by atoms with Gasteiger partial charge in [-0.1, -0.05) is 29.3 Å². The molecule has 3 amide bonds. The van der Waals surface area contributed by atoms with Crippen LogP contribution in [0.5, 0.6) is 5.75 Å². The molecule has 0 unspecified atom stereocenters. The Labute approximate surface area is 200 Å². The van der Waals surface area contributed by atoms with Crippen LogP contribution in [0.3, 0.4) is 0 Å². The summed E-state index contributed by atoms with van der Waals surface area (Å²) in [5.74, 6) is -2.10. The van der Waals surface area contributed by atoms with Crippen LogP contribution in [-0.2, 0) is 19.9 Å². The fourth-order valence-electron chi connectivity index (χ4n) is 6.47. The minimum atomic E-state index is -1.25. The van der Waals surface area contributed by atoms with Gasteiger partial charge in [0.1, 0.15) is 11.3 Å². The Bertz CT molecular complexity index is 1260. The standard InChI is InChI=1S/C24H21Cl2N3O4/c1-11-14(26)7-6-13-20(11)27-23(32)24(13)19-18(15-4-3-9-28(15)24)21(30)29(22(19)31)16-10-12(25)5-8-17(16)33-2/h5-8,10,15,18-19H,3-4,9H2,1-2H3,(H,27,32)/t15-,18-,19-,24+/m1/s1. The second-order valence-electron chi connectivity index (χ2n) is 9.05. The number of methoxy groups -OCH3 is 1. The van der Waals surface area contributed by atoms with Crippen LogP contribution in [0.15, 0.2) is 30.3 Å². The second-order valence-corrected chi connectivity index (χ2v) is 9.89. The van der Waals surface area contributed by atoms with E-state index >= 15 is 0 Å². The highest BCUT2D eigenvalue weighted by Gasteiger charge is 2.74. The van der Waals surface area contributed by atoms with Gasteiger partial charge in [0.25, 0.3) is 0 Å². The number of benzene rings is 2. The monoisotopic (exact) mass is 485 g/mol. The minimum Gasteiger partial charge on any atom is -0.495 e. The maximum Gasteiger partial charge on any atom is 0.250 e. The number of hydrogen-bond acceptors (Lipinski definition) is 5. The van der Waals surface area contributed by atoms with Gasteiger partial charge in [-0.15, -0.1) is 0 Å². The predicted octanol–water partition coefficient (Wildman–Crippen LogP) is 3.74. The largest absolute Gasteiger partial charge is 0.495 e. The highest BCUT2D eigenvalue weighted by molar-refractivity contribution is 6.33. The molecule has 9 heteroatoms. The number of fused-ring (bicyclic) bond motifs is 7. The third-order valence-electron chi connectivity index (χ3n) is 7.74. The Kier molecular flexibility index (Phi) is 4.41. The first-order valence-electron chi connectivity index (χ1n) is 10.9. The maximum atomic E-state index is 14.1. The maximum absolute atomic E-state index is 14.1. The number of nitrogens with one attached hydrogen (secondary N) is 1. The minimum absolute atomic E-state index is 0.200. The van der Waals surface area contributed by atoms with Gasteiger partial charge in [-0.25, -0.2) is 4.90 Å². The normalized spacial score (nSPS) is 30.1. The third kappa shape index (κ3) is 2.42. The van der Waals surface area contributed by atoms with Crippen molar-refractivity contribution in [3.63, 3.8) is 0 Å². The quantitative estimate of drug-likeness (QED) is 0.655. The average molecular weight is 486 g/mol. The molecule has 33 heavy (non-hydrogen) atoms. The summed E-state index contributed by atoms with van der Waals surface area (Å²) in [6, 6.07) is 8.21. The molecule has 2 aromatic carbocycles. The Morgan fingerprint density at radius 2 is 1.91 bits per heavy atom. The molecule has 0 radical (unpaired) electrons. The lowest BCUT2D eigenvalue weighted by Gasteiger charge is -2.36. The Morgan fingerprint density at radius 1 is 1.12 bits per heavy atom. The van der Waals surface area contributed by atoms with Crippen LogP contribution < -0.4 is 15.0 Å². The molecule has 1 N–H and O–H groups in total. The molecule has 7 nitrogen and oxygen atoms in total. The molecule has 0 saturated carbocycles. The van der Waals surface area contributed by atoms with Crippen molar-refractivity contribution in [1.82, 2.24) is 4.90 Å². The first-order chi connectivity index (χ1) is 15.8. The van der Waals surface area contributed by atoms with E-state index in [0.29, 0.717) is 33.7 Å². The summed E-state index contributed by atoms with van der Waals surface area (Å²) in [5.41, 5.74) is 1.17. The fourth-order valence-corrected chi connectivity index (χ4v) is 6.79. The molecule has 0 aliphatic carbocycles. The zero-order valence-corrected chi connectivity index (χ0v) is 19.5. The Balaban J connectivity index is 1.57. The summed E-state index contributed by atoms with van der Waals surface area (Å²) in [6.07, 6.45) is 1.60. The van der Waals surface area contributed by atoms with Crippen molar-refractivity contribution in [3.8, 4) is 5.75 Å². The van der Waals surface area contributed by atoms with Crippen LogP contribution in [0.2, 0.25) is 10.0 Å². The van der Waals surface area contributed by atoms with Gasteiger partial charge in [0, 0.05) is 21.7 Å². The van der Waals surface area contributed by atoms with E-state index in [0.717, 1.165) is 24.0 Å². The zero-order valence-electron chi connectivity index (χ0n) is 18.0. The molecule has 4 aliphatic heterocycles. The van der Waals surface area contributed by atoms with Gasteiger partial charge in [-0.2, -0.15) is 0 Å². The number of nitrogens with zero attached hydrogens (tertiary/aromatic N) is 2. The summed E-state index contributed by atoms with van der Waals surface area (Å²) in [4.78, 5) is 44.9. The van der Waals surface area contributed by atoms with Gasteiger partial charge >= 0.3 is 0 Å². The van der Waals surface area contributed by atoms with Gasteiger partial charge in [0.15, 0.2) is 0 Å². The molecule has 0 aromatic heterocycles. The van der Waals surface area contributed by atoms with Crippen molar-refractivity contribution in [2.75, 3.05) is 23.9 Å². The van der Waals surface area contributed by atoms with Crippen molar-refractivity contribution in [2.45, 2.75) is 31.3 Å². The summed E-state index contributed by atoms with van der Waals surface area (Å²) < 4.78 is 5.43. The summed E-state index contributed by atoms with van der Waals surface area (Å²) >= 11 is 12.6. The average Bonchev–Trinajstić information content (AvgIpc) is 3.49.